The van der Waals surface area contributed by atoms with Crippen molar-refractivity contribution in [3.05, 3.63) is 29.3 Å². The van der Waals surface area contributed by atoms with Crippen molar-refractivity contribution in [2.75, 3.05) is 0 Å². The van der Waals surface area contributed by atoms with Crippen molar-refractivity contribution < 1.29 is 14.6 Å². The molecule has 5 heteroatoms. The Morgan fingerprint density at radius 3 is 2.47 bits per heavy atom. The van der Waals surface area contributed by atoms with Crippen LogP contribution in [-0.4, -0.2) is 21.7 Å². The minimum Gasteiger partial charge on any atom is -0.458 e. The first-order valence-corrected chi connectivity index (χ1v) is 6.84. The number of rotatable bonds is 2. The normalized spacial score (nSPS) is 15.2. The third-order valence-electron chi connectivity index (χ3n) is 2.51. The smallest absolute Gasteiger partial charge is 0.345 e. The average molecular weight is 279 g/mol. The molecule has 102 valence electrons. The molecule has 2 aromatic rings. The van der Waals surface area contributed by atoms with Crippen molar-refractivity contribution in [1.82, 2.24) is 4.98 Å². The van der Waals surface area contributed by atoms with Crippen LogP contribution in [0.25, 0.3) is 10.2 Å². The number of carbonyl (C=O) groups is 1. The summed E-state index contributed by atoms with van der Waals surface area (Å²) in [7, 11) is 0. The molecule has 1 unspecified atom stereocenters. The first kappa shape index (κ1) is 14.0. The van der Waals surface area contributed by atoms with E-state index in [0.29, 0.717) is 5.01 Å². The fourth-order valence-electron chi connectivity index (χ4n) is 1.55. The number of benzene rings is 1. The van der Waals surface area contributed by atoms with Crippen LogP contribution in [0.5, 0.6) is 0 Å². The number of fused-ring (bicyclic) bond motifs is 1. The number of aromatic nitrogens is 1. The number of para-hydroxylation sites is 1. The molecule has 1 aromatic heterocycles. The topological polar surface area (TPSA) is 59.4 Å². The molecule has 1 N–H and O–H groups in total. The van der Waals surface area contributed by atoms with Crippen LogP contribution in [0.3, 0.4) is 0 Å². The largest absolute Gasteiger partial charge is 0.458 e. The predicted molar refractivity (Wildman–Crippen MR) is 75.0 cm³/mol. The number of ether oxygens (including phenoxy) is 1. The van der Waals surface area contributed by atoms with Gasteiger partial charge in [-0.2, -0.15) is 0 Å². The highest BCUT2D eigenvalue weighted by molar-refractivity contribution is 7.18. The van der Waals surface area contributed by atoms with Gasteiger partial charge in [0.1, 0.15) is 10.6 Å². The summed E-state index contributed by atoms with van der Waals surface area (Å²) in [5.41, 5.74) is -1.60. The minimum atomic E-state index is -1.73. The van der Waals surface area contributed by atoms with E-state index in [4.69, 9.17) is 4.74 Å². The Kier molecular flexibility index (Phi) is 3.36. The van der Waals surface area contributed by atoms with Crippen molar-refractivity contribution >= 4 is 27.5 Å². The molecule has 0 bridgehead atoms. The lowest BCUT2D eigenvalue weighted by Crippen LogP contribution is -2.38. The Hall–Kier alpha value is -1.46. The second kappa shape index (κ2) is 4.58. The molecule has 0 saturated carbocycles. The molecule has 1 heterocycles. The lowest BCUT2D eigenvalue weighted by molar-refractivity contribution is -0.176. The lowest BCUT2D eigenvalue weighted by atomic mass is 10.1. The average Bonchev–Trinajstić information content (AvgIpc) is 2.70. The molecule has 0 aliphatic rings. The van der Waals surface area contributed by atoms with Gasteiger partial charge < -0.3 is 9.84 Å². The maximum atomic E-state index is 12.1. The monoisotopic (exact) mass is 279 g/mol. The van der Waals surface area contributed by atoms with Crippen LogP contribution in [-0.2, 0) is 15.1 Å². The van der Waals surface area contributed by atoms with E-state index in [0.717, 1.165) is 10.2 Å². The number of thiazole rings is 1. The van der Waals surface area contributed by atoms with Gasteiger partial charge in [-0.3, -0.25) is 0 Å². The molecule has 4 nitrogen and oxygen atoms in total. The van der Waals surface area contributed by atoms with E-state index < -0.39 is 17.2 Å². The molecule has 0 aliphatic carbocycles. The summed E-state index contributed by atoms with van der Waals surface area (Å²) in [5.74, 6) is -0.681. The van der Waals surface area contributed by atoms with Gasteiger partial charge in [0.2, 0.25) is 5.60 Å². The molecule has 0 fully saturated rings. The molecule has 2 rings (SSSR count). The predicted octanol–water partition coefficient (Wildman–Crippen LogP) is 2.85. The Morgan fingerprint density at radius 1 is 1.26 bits per heavy atom. The van der Waals surface area contributed by atoms with Crippen LogP contribution in [0.4, 0.5) is 0 Å². The summed E-state index contributed by atoms with van der Waals surface area (Å²) in [6.45, 7) is 6.71. The first-order valence-electron chi connectivity index (χ1n) is 6.02. The van der Waals surface area contributed by atoms with Crippen LogP contribution in [0.15, 0.2) is 24.3 Å². The van der Waals surface area contributed by atoms with Crippen LogP contribution in [0.2, 0.25) is 0 Å². The van der Waals surface area contributed by atoms with Crippen molar-refractivity contribution in [1.29, 1.82) is 0 Å². The highest BCUT2D eigenvalue weighted by Gasteiger charge is 2.39. The van der Waals surface area contributed by atoms with E-state index in [2.05, 4.69) is 4.98 Å². The second-order valence-electron chi connectivity index (χ2n) is 5.56. The van der Waals surface area contributed by atoms with E-state index in [1.165, 1.54) is 18.3 Å². The van der Waals surface area contributed by atoms with E-state index >= 15 is 0 Å². The summed E-state index contributed by atoms with van der Waals surface area (Å²) in [6.07, 6.45) is 0. The maximum Gasteiger partial charge on any atom is 0.345 e. The van der Waals surface area contributed by atoms with Gasteiger partial charge in [-0.25, -0.2) is 9.78 Å². The van der Waals surface area contributed by atoms with E-state index in [-0.39, 0.29) is 0 Å². The Morgan fingerprint density at radius 2 is 1.89 bits per heavy atom. The summed E-state index contributed by atoms with van der Waals surface area (Å²) in [6, 6.07) is 7.52. The lowest BCUT2D eigenvalue weighted by Gasteiger charge is -2.25. The molecule has 1 aromatic carbocycles. The zero-order valence-electron chi connectivity index (χ0n) is 11.4. The second-order valence-corrected chi connectivity index (χ2v) is 6.59. The molecule has 1 atom stereocenters. The highest BCUT2D eigenvalue weighted by Crippen LogP contribution is 2.31. The number of carbonyl (C=O) groups excluding carboxylic acids is 1. The number of aliphatic hydroxyl groups is 1. The van der Waals surface area contributed by atoms with Gasteiger partial charge in [-0.15, -0.1) is 11.3 Å². The Bertz CT molecular complexity index is 577. The maximum absolute atomic E-state index is 12.1. The van der Waals surface area contributed by atoms with Gasteiger partial charge in [0.25, 0.3) is 0 Å². The molecule has 0 saturated heterocycles. The highest BCUT2D eigenvalue weighted by atomic mass is 32.1. The van der Waals surface area contributed by atoms with Crippen LogP contribution >= 0.6 is 11.3 Å². The fraction of sp³-hybridized carbons (Fsp3) is 0.429. The summed E-state index contributed by atoms with van der Waals surface area (Å²) in [4.78, 5) is 16.4. The van der Waals surface area contributed by atoms with Gasteiger partial charge in [-0.1, -0.05) is 12.1 Å². The van der Waals surface area contributed by atoms with E-state index in [9.17, 15) is 9.90 Å². The van der Waals surface area contributed by atoms with E-state index in [1.807, 2.05) is 24.3 Å². The summed E-state index contributed by atoms with van der Waals surface area (Å²) in [5, 5.41) is 10.7. The van der Waals surface area contributed by atoms with Gasteiger partial charge in [-0.05, 0) is 39.8 Å². The summed E-state index contributed by atoms with van der Waals surface area (Å²) < 4.78 is 6.16. The zero-order chi connectivity index (χ0) is 14.3. The third-order valence-corrected chi connectivity index (χ3v) is 3.75. The Labute approximate surface area is 116 Å². The van der Waals surface area contributed by atoms with Crippen molar-refractivity contribution in [3.63, 3.8) is 0 Å². The van der Waals surface area contributed by atoms with Crippen LogP contribution < -0.4 is 0 Å². The molecule has 19 heavy (non-hydrogen) atoms. The fourth-order valence-corrected chi connectivity index (χ4v) is 2.54. The van der Waals surface area contributed by atoms with Gasteiger partial charge in [0, 0.05) is 0 Å². The Balaban J connectivity index is 2.35. The third kappa shape index (κ3) is 2.93. The molecule has 0 aliphatic heterocycles. The quantitative estimate of drug-likeness (QED) is 0.859. The van der Waals surface area contributed by atoms with Crippen LogP contribution in [0, 0.1) is 0 Å². The van der Waals surface area contributed by atoms with Crippen molar-refractivity contribution in [2.24, 2.45) is 0 Å². The van der Waals surface area contributed by atoms with Crippen LogP contribution in [0.1, 0.15) is 32.7 Å². The molecule has 0 spiro atoms. The zero-order valence-corrected chi connectivity index (χ0v) is 12.2. The van der Waals surface area contributed by atoms with Gasteiger partial charge in [0.05, 0.1) is 10.2 Å². The standard InChI is InChI=1S/C14H17NO3S/c1-13(2,3)18-12(16)14(4,17)11-15-9-7-5-6-8-10(9)19-11/h5-8,17H,1-4H3. The van der Waals surface area contributed by atoms with Gasteiger partial charge >= 0.3 is 5.97 Å². The van der Waals surface area contributed by atoms with Gasteiger partial charge in [0.15, 0.2) is 0 Å². The number of hydrogen-bond donors (Lipinski definition) is 1. The van der Waals surface area contributed by atoms with Crippen molar-refractivity contribution in [3.8, 4) is 0 Å². The SMILES string of the molecule is CC(C)(C)OC(=O)C(C)(O)c1nc2ccccc2s1. The van der Waals surface area contributed by atoms with E-state index in [1.54, 1.807) is 20.8 Å². The number of nitrogens with zero attached hydrogens (tertiary/aromatic N) is 1. The minimum absolute atomic E-state index is 0.350. The molecular formula is C14H17NO3S. The molecule has 0 radical (unpaired) electrons. The summed E-state index contributed by atoms with van der Waals surface area (Å²) >= 11 is 1.30. The number of hydrogen-bond acceptors (Lipinski definition) is 5. The molecular weight excluding hydrogens is 262 g/mol. The number of esters is 1. The first-order chi connectivity index (χ1) is 8.70. The molecule has 0 amide bonds. The van der Waals surface area contributed by atoms with Crippen molar-refractivity contribution in [2.45, 2.75) is 38.9 Å².